The Bertz CT molecular complexity index is 763. The minimum atomic E-state index is -0.174. The molecule has 6 heteroatoms. The van der Waals surface area contributed by atoms with E-state index in [9.17, 15) is 4.79 Å². The van der Waals surface area contributed by atoms with Gasteiger partial charge in [-0.1, -0.05) is 6.42 Å². The van der Waals surface area contributed by atoms with Gasteiger partial charge < -0.3 is 13.7 Å². The Morgan fingerprint density at radius 1 is 1.30 bits per heavy atom. The van der Waals surface area contributed by atoms with Gasteiger partial charge in [0.25, 0.3) is 5.91 Å². The van der Waals surface area contributed by atoms with Crippen LogP contribution in [0.3, 0.4) is 0 Å². The summed E-state index contributed by atoms with van der Waals surface area (Å²) in [6.45, 7) is 6.96. The number of hydrogen-bond acceptors (Lipinski definition) is 5. The first-order chi connectivity index (χ1) is 11.0. The number of carbonyl (C=O) groups is 1. The molecule has 2 aromatic heterocycles. The molecule has 1 aliphatic heterocycles. The average Bonchev–Trinajstić information content (AvgIpc) is 3.20. The standard InChI is InChI=1S/C17H21N3O3/c1-10-7-11(2)22-14(10)15(21)20-8-13-5-4-6-17(13,9-20)16-19-18-12(3)23-16/h7,13H,4-6,8-9H2,1-3H3/t13-,17-/m0/s1. The third kappa shape index (κ3) is 2.11. The average molecular weight is 315 g/mol. The highest BCUT2D eigenvalue weighted by molar-refractivity contribution is 5.93. The Balaban J connectivity index is 1.64. The minimum absolute atomic E-state index is 0.0272. The molecule has 23 heavy (non-hydrogen) atoms. The predicted octanol–water partition coefficient (Wildman–Crippen LogP) is 2.78. The first-order valence-electron chi connectivity index (χ1n) is 8.16. The monoisotopic (exact) mass is 315 g/mol. The van der Waals surface area contributed by atoms with Crippen LogP contribution in [0.25, 0.3) is 0 Å². The zero-order valence-corrected chi connectivity index (χ0v) is 13.8. The first-order valence-corrected chi connectivity index (χ1v) is 8.16. The van der Waals surface area contributed by atoms with Crippen molar-refractivity contribution in [3.8, 4) is 0 Å². The van der Waals surface area contributed by atoms with E-state index in [1.807, 2.05) is 31.7 Å². The zero-order chi connectivity index (χ0) is 16.2. The first kappa shape index (κ1) is 14.5. The number of carbonyl (C=O) groups excluding carboxylic acids is 1. The molecule has 4 rings (SSSR count). The lowest BCUT2D eigenvalue weighted by atomic mass is 9.80. The van der Waals surface area contributed by atoms with Gasteiger partial charge in [0, 0.05) is 25.6 Å². The second kappa shape index (κ2) is 4.94. The van der Waals surface area contributed by atoms with Gasteiger partial charge in [0.1, 0.15) is 5.76 Å². The van der Waals surface area contributed by atoms with Crippen molar-refractivity contribution in [1.29, 1.82) is 0 Å². The molecule has 0 radical (unpaired) electrons. The molecule has 2 atom stereocenters. The van der Waals surface area contributed by atoms with Gasteiger partial charge in [-0.05, 0) is 38.7 Å². The van der Waals surface area contributed by atoms with E-state index in [0.29, 0.717) is 30.0 Å². The van der Waals surface area contributed by atoms with Gasteiger partial charge in [-0.15, -0.1) is 10.2 Å². The quantitative estimate of drug-likeness (QED) is 0.852. The van der Waals surface area contributed by atoms with Crippen LogP contribution in [0.2, 0.25) is 0 Å². The summed E-state index contributed by atoms with van der Waals surface area (Å²) in [6.07, 6.45) is 3.24. The number of rotatable bonds is 2. The third-order valence-electron chi connectivity index (χ3n) is 5.35. The molecule has 0 N–H and O–H groups in total. The Hall–Kier alpha value is -2.11. The molecule has 3 heterocycles. The Labute approximate surface area is 134 Å². The largest absolute Gasteiger partial charge is 0.456 e. The number of hydrogen-bond donors (Lipinski definition) is 0. The summed E-state index contributed by atoms with van der Waals surface area (Å²) in [5.41, 5.74) is 0.721. The zero-order valence-electron chi connectivity index (χ0n) is 13.8. The fraction of sp³-hybridized carbons (Fsp3) is 0.588. The maximum Gasteiger partial charge on any atom is 0.289 e. The lowest BCUT2D eigenvalue weighted by Gasteiger charge is -2.24. The van der Waals surface area contributed by atoms with Crippen molar-refractivity contribution in [3.05, 3.63) is 34.9 Å². The molecule has 1 saturated heterocycles. The van der Waals surface area contributed by atoms with Crippen LogP contribution in [0, 0.1) is 26.7 Å². The van der Waals surface area contributed by atoms with Gasteiger partial charge in [-0.2, -0.15) is 0 Å². The predicted molar refractivity (Wildman–Crippen MR) is 82.1 cm³/mol. The SMILES string of the molecule is Cc1cc(C)c(C(=O)N2C[C@@H]3CCC[C@]3(c3nnc(C)o3)C2)o1. The molecule has 1 aliphatic carbocycles. The molecule has 0 spiro atoms. The maximum absolute atomic E-state index is 12.9. The Kier molecular flexibility index (Phi) is 3.11. The van der Waals surface area contributed by atoms with E-state index in [-0.39, 0.29) is 11.3 Å². The van der Waals surface area contributed by atoms with Gasteiger partial charge >= 0.3 is 0 Å². The minimum Gasteiger partial charge on any atom is -0.456 e. The van der Waals surface area contributed by atoms with Crippen LogP contribution in [0.15, 0.2) is 14.9 Å². The van der Waals surface area contributed by atoms with Gasteiger partial charge in [0.05, 0.1) is 5.41 Å². The highest BCUT2D eigenvalue weighted by Gasteiger charge is 2.55. The highest BCUT2D eigenvalue weighted by atomic mass is 16.4. The number of likely N-dealkylation sites (tertiary alicyclic amines) is 1. The fourth-order valence-corrected chi connectivity index (χ4v) is 4.29. The van der Waals surface area contributed by atoms with Crippen molar-refractivity contribution in [3.63, 3.8) is 0 Å². The summed E-state index contributed by atoms with van der Waals surface area (Å²) in [5, 5.41) is 8.26. The van der Waals surface area contributed by atoms with Crippen LogP contribution in [-0.2, 0) is 5.41 Å². The van der Waals surface area contributed by atoms with E-state index in [4.69, 9.17) is 8.83 Å². The van der Waals surface area contributed by atoms with Gasteiger partial charge in [0.2, 0.25) is 11.8 Å². The van der Waals surface area contributed by atoms with Crippen LogP contribution in [0.5, 0.6) is 0 Å². The summed E-state index contributed by atoms with van der Waals surface area (Å²) in [4.78, 5) is 14.8. The molecule has 0 aromatic carbocycles. The summed E-state index contributed by atoms with van der Waals surface area (Å²) >= 11 is 0. The lowest BCUT2D eigenvalue weighted by Crippen LogP contribution is -2.35. The van der Waals surface area contributed by atoms with Crippen LogP contribution < -0.4 is 0 Å². The lowest BCUT2D eigenvalue weighted by molar-refractivity contribution is 0.0741. The molecular formula is C17H21N3O3. The number of fused-ring (bicyclic) bond motifs is 1. The van der Waals surface area contributed by atoms with Crippen molar-refractivity contribution in [1.82, 2.24) is 15.1 Å². The van der Waals surface area contributed by atoms with E-state index < -0.39 is 0 Å². The summed E-state index contributed by atoms with van der Waals surface area (Å²) in [5.74, 6) is 2.87. The van der Waals surface area contributed by atoms with E-state index >= 15 is 0 Å². The molecule has 1 saturated carbocycles. The Morgan fingerprint density at radius 3 is 2.78 bits per heavy atom. The molecule has 1 amide bonds. The molecule has 0 unspecified atom stereocenters. The van der Waals surface area contributed by atoms with Gasteiger partial charge in [0.15, 0.2) is 5.76 Å². The molecule has 2 aliphatic rings. The van der Waals surface area contributed by atoms with Crippen molar-refractivity contribution < 1.29 is 13.6 Å². The van der Waals surface area contributed by atoms with E-state index in [1.54, 1.807) is 0 Å². The molecule has 6 nitrogen and oxygen atoms in total. The van der Waals surface area contributed by atoms with Crippen LogP contribution in [0.4, 0.5) is 0 Å². The second-order valence-corrected chi connectivity index (χ2v) is 6.93. The van der Waals surface area contributed by atoms with Crippen molar-refractivity contribution in [2.75, 3.05) is 13.1 Å². The summed E-state index contributed by atoms with van der Waals surface area (Å²) < 4.78 is 11.4. The number of aromatic nitrogens is 2. The number of amides is 1. The molecule has 0 bridgehead atoms. The summed E-state index contributed by atoms with van der Waals surface area (Å²) in [7, 11) is 0. The van der Waals surface area contributed by atoms with Crippen molar-refractivity contribution in [2.24, 2.45) is 5.92 Å². The highest BCUT2D eigenvalue weighted by Crippen LogP contribution is 2.50. The van der Waals surface area contributed by atoms with Crippen LogP contribution in [-0.4, -0.2) is 34.1 Å². The topological polar surface area (TPSA) is 72.4 Å². The van der Waals surface area contributed by atoms with Crippen molar-refractivity contribution >= 4 is 5.91 Å². The third-order valence-corrected chi connectivity index (χ3v) is 5.35. The van der Waals surface area contributed by atoms with E-state index in [1.165, 1.54) is 0 Å². The van der Waals surface area contributed by atoms with Crippen LogP contribution in [0.1, 0.15) is 52.9 Å². The Morgan fingerprint density at radius 2 is 2.13 bits per heavy atom. The van der Waals surface area contributed by atoms with Gasteiger partial charge in [-0.3, -0.25) is 4.79 Å². The molecule has 2 aromatic rings. The number of furan rings is 1. The molecule has 122 valence electrons. The molecule has 2 fully saturated rings. The van der Waals surface area contributed by atoms with E-state index in [2.05, 4.69) is 10.2 Å². The van der Waals surface area contributed by atoms with Gasteiger partial charge in [-0.25, -0.2) is 0 Å². The van der Waals surface area contributed by atoms with E-state index in [0.717, 1.165) is 37.1 Å². The fourth-order valence-electron chi connectivity index (χ4n) is 4.29. The number of aryl methyl sites for hydroxylation is 3. The maximum atomic E-state index is 12.9. The van der Waals surface area contributed by atoms with Crippen LogP contribution >= 0.6 is 0 Å². The molecular weight excluding hydrogens is 294 g/mol. The van der Waals surface area contributed by atoms with Crippen molar-refractivity contribution in [2.45, 2.75) is 45.4 Å². The second-order valence-electron chi connectivity index (χ2n) is 6.93. The smallest absolute Gasteiger partial charge is 0.289 e. The normalized spacial score (nSPS) is 26.7. The number of nitrogens with zero attached hydrogens (tertiary/aromatic N) is 3. The summed E-state index contributed by atoms with van der Waals surface area (Å²) in [6, 6.07) is 1.90.